The number of aromatic nitrogens is 2. The van der Waals surface area contributed by atoms with Crippen molar-refractivity contribution in [3.8, 4) is 0 Å². The molecule has 1 aliphatic rings. The molecular weight excluding hydrogens is 318 g/mol. The summed E-state index contributed by atoms with van der Waals surface area (Å²) in [6.45, 7) is 3.95. The van der Waals surface area contributed by atoms with E-state index in [2.05, 4.69) is 5.32 Å². The number of nitrogens with zero attached hydrogens (tertiary/aromatic N) is 2. The molecule has 128 valence electrons. The number of fused-ring (bicyclic) bond motifs is 1. The van der Waals surface area contributed by atoms with Crippen molar-refractivity contribution in [1.82, 2.24) is 15.3 Å². The number of carbonyl (C=O) groups is 1. The fourth-order valence-electron chi connectivity index (χ4n) is 3.22. The quantitative estimate of drug-likeness (QED) is 0.650. The predicted octanol–water partition coefficient (Wildman–Crippen LogP) is 4.29. The molecule has 2 aromatic rings. The van der Waals surface area contributed by atoms with E-state index >= 15 is 0 Å². The lowest BCUT2D eigenvalue weighted by molar-refractivity contribution is -0.119. The van der Waals surface area contributed by atoms with Gasteiger partial charge in [0.25, 0.3) is 0 Å². The van der Waals surface area contributed by atoms with Crippen LogP contribution in [0, 0.1) is 0 Å². The Labute approximate surface area is 147 Å². The summed E-state index contributed by atoms with van der Waals surface area (Å²) in [6.07, 6.45) is 6.20. The van der Waals surface area contributed by atoms with Crippen LogP contribution in [0.1, 0.15) is 57.7 Å². The van der Waals surface area contributed by atoms with E-state index < -0.39 is 0 Å². The van der Waals surface area contributed by atoms with Gasteiger partial charge in [0.05, 0.1) is 11.3 Å². The van der Waals surface area contributed by atoms with Crippen molar-refractivity contribution >= 4 is 28.6 Å². The first-order valence-corrected chi connectivity index (χ1v) is 9.81. The Morgan fingerprint density at radius 1 is 1.21 bits per heavy atom. The normalized spacial score (nSPS) is 15.8. The number of carbonyl (C=O) groups excluding carboxylic acids is 1. The van der Waals surface area contributed by atoms with Crippen molar-refractivity contribution in [3.63, 3.8) is 0 Å². The van der Waals surface area contributed by atoms with Gasteiger partial charge in [-0.3, -0.25) is 4.79 Å². The van der Waals surface area contributed by atoms with E-state index in [9.17, 15) is 4.79 Å². The molecule has 24 heavy (non-hydrogen) atoms. The van der Waals surface area contributed by atoms with Gasteiger partial charge in [-0.15, -0.1) is 0 Å². The van der Waals surface area contributed by atoms with Crippen molar-refractivity contribution in [2.24, 2.45) is 0 Å². The number of hydrogen-bond donors (Lipinski definition) is 1. The highest BCUT2D eigenvalue weighted by atomic mass is 32.2. The van der Waals surface area contributed by atoms with E-state index in [1.807, 2.05) is 38.1 Å². The zero-order chi connectivity index (χ0) is 16.9. The van der Waals surface area contributed by atoms with Crippen molar-refractivity contribution in [2.45, 2.75) is 62.9 Å². The summed E-state index contributed by atoms with van der Waals surface area (Å²) in [5.41, 5.74) is 0.986. The third kappa shape index (κ3) is 4.26. The monoisotopic (exact) mass is 343 g/mol. The predicted molar refractivity (Wildman–Crippen MR) is 99.4 cm³/mol. The first-order chi connectivity index (χ1) is 11.6. The average molecular weight is 343 g/mol. The molecule has 0 saturated heterocycles. The minimum absolute atomic E-state index is 0.0527. The summed E-state index contributed by atoms with van der Waals surface area (Å²) in [5, 5.41) is 4.91. The Morgan fingerprint density at radius 2 is 1.96 bits per heavy atom. The number of rotatable bonds is 5. The third-order valence-electron chi connectivity index (χ3n) is 4.35. The number of thioether (sulfide) groups is 1. The van der Waals surface area contributed by atoms with Crippen LogP contribution >= 0.6 is 11.8 Å². The first-order valence-electron chi connectivity index (χ1n) is 8.82. The molecule has 1 amide bonds. The fourth-order valence-corrected chi connectivity index (χ4v) is 4.05. The molecular formula is C19H25N3OS. The second kappa shape index (κ2) is 7.97. The smallest absolute Gasteiger partial charge is 0.230 e. The highest BCUT2D eigenvalue weighted by molar-refractivity contribution is 8.00. The van der Waals surface area contributed by atoms with Gasteiger partial charge < -0.3 is 5.32 Å². The largest absolute Gasteiger partial charge is 0.353 e. The summed E-state index contributed by atoms with van der Waals surface area (Å²) in [4.78, 5) is 21.6. The molecule has 1 heterocycles. The lowest BCUT2D eigenvalue weighted by Gasteiger charge is -2.21. The van der Waals surface area contributed by atoms with Crippen molar-refractivity contribution < 1.29 is 4.79 Å². The lowest BCUT2D eigenvalue weighted by atomic mass is 9.88. The maximum absolute atomic E-state index is 12.0. The van der Waals surface area contributed by atoms with E-state index in [1.54, 1.807) is 0 Å². The van der Waals surface area contributed by atoms with E-state index in [1.165, 1.54) is 43.9 Å². The van der Waals surface area contributed by atoms with Crippen molar-refractivity contribution in [3.05, 3.63) is 30.1 Å². The lowest BCUT2D eigenvalue weighted by Crippen LogP contribution is -2.31. The number of benzene rings is 1. The summed E-state index contributed by atoms with van der Waals surface area (Å²) < 4.78 is 0. The second-order valence-corrected chi connectivity index (χ2v) is 7.71. The zero-order valence-electron chi connectivity index (χ0n) is 14.4. The third-order valence-corrected chi connectivity index (χ3v) is 5.34. The zero-order valence-corrected chi connectivity index (χ0v) is 15.2. The summed E-state index contributed by atoms with van der Waals surface area (Å²) in [7, 11) is 0. The van der Waals surface area contributed by atoms with Gasteiger partial charge in [-0.1, -0.05) is 49.2 Å². The van der Waals surface area contributed by atoms with E-state index in [-0.39, 0.29) is 11.9 Å². The van der Waals surface area contributed by atoms with Gasteiger partial charge in [-0.25, -0.2) is 9.97 Å². The molecule has 0 unspecified atom stereocenters. The van der Waals surface area contributed by atoms with Crippen molar-refractivity contribution in [1.29, 1.82) is 0 Å². The molecule has 3 rings (SSSR count). The van der Waals surface area contributed by atoms with Crippen LogP contribution in [-0.2, 0) is 4.79 Å². The minimum Gasteiger partial charge on any atom is -0.353 e. The molecule has 0 spiro atoms. The maximum atomic E-state index is 12.0. The molecule has 1 saturated carbocycles. The van der Waals surface area contributed by atoms with Gasteiger partial charge in [-0.2, -0.15) is 0 Å². The summed E-state index contributed by atoms with van der Waals surface area (Å²) in [6, 6.07) is 8.27. The highest BCUT2D eigenvalue weighted by Gasteiger charge is 2.20. The Balaban J connectivity index is 1.85. The molecule has 4 nitrogen and oxygen atoms in total. The van der Waals surface area contributed by atoms with Crippen LogP contribution in [0.4, 0.5) is 0 Å². The number of nitrogens with one attached hydrogen (secondary N) is 1. The molecule has 1 N–H and O–H groups in total. The average Bonchev–Trinajstić information content (AvgIpc) is 2.59. The molecule has 1 fully saturated rings. The van der Waals surface area contributed by atoms with Crippen LogP contribution in [0.3, 0.4) is 0 Å². The second-order valence-electron chi connectivity index (χ2n) is 6.75. The minimum atomic E-state index is 0.0527. The molecule has 5 heteroatoms. The van der Waals surface area contributed by atoms with Crippen molar-refractivity contribution in [2.75, 3.05) is 5.75 Å². The van der Waals surface area contributed by atoms with Crippen LogP contribution in [0.5, 0.6) is 0 Å². The standard InChI is InChI=1S/C19H25N3OS/c1-13(2)20-17(23)12-24-19-15-10-6-7-11-16(15)21-18(22-19)14-8-4-3-5-9-14/h6-7,10-11,13-14H,3-5,8-9,12H2,1-2H3,(H,20,23). The molecule has 1 aromatic carbocycles. The first kappa shape index (κ1) is 17.2. The highest BCUT2D eigenvalue weighted by Crippen LogP contribution is 2.33. The number of hydrogen-bond acceptors (Lipinski definition) is 4. The topological polar surface area (TPSA) is 54.9 Å². The van der Waals surface area contributed by atoms with Crippen LogP contribution < -0.4 is 5.32 Å². The van der Waals surface area contributed by atoms with Gasteiger partial charge in [0.15, 0.2) is 0 Å². The fraction of sp³-hybridized carbons (Fsp3) is 0.526. The van der Waals surface area contributed by atoms with Gasteiger partial charge in [-0.05, 0) is 32.8 Å². The number of para-hydroxylation sites is 1. The van der Waals surface area contributed by atoms with E-state index in [0.717, 1.165) is 21.8 Å². The summed E-state index contributed by atoms with van der Waals surface area (Å²) in [5.74, 6) is 1.87. The van der Waals surface area contributed by atoms with Crippen LogP contribution in [0.25, 0.3) is 10.9 Å². The maximum Gasteiger partial charge on any atom is 0.230 e. The number of amides is 1. The Bertz CT molecular complexity index is 711. The van der Waals surface area contributed by atoms with Gasteiger partial charge in [0.2, 0.25) is 5.91 Å². The Morgan fingerprint density at radius 3 is 2.71 bits per heavy atom. The van der Waals surface area contributed by atoms with Gasteiger partial charge in [0.1, 0.15) is 10.9 Å². The molecule has 0 radical (unpaired) electrons. The molecule has 1 aliphatic carbocycles. The molecule has 0 bridgehead atoms. The SMILES string of the molecule is CC(C)NC(=O)CSc1nc(C2CCCCC2)nc2ccccc12. The molecule has 1 aromatic heterocycles. The molecule has 0 aliphatic heterocycles. The van der Waals surface area contributed by atoms with Crippen LogP contribution in [0.15, 0.2) is 29.3 Å². The Kier molecular flexibility index (Phi) is 5.72. The van der Waals surface area contributed by atoms with E-state index in [4.69, 9.17) is 9.97 Å². The molecule has 0 atom stereocenters. The van der Waals surface area contributed by atoms with Crippen LogP contribution in [-0.4, -0.2) is 27.7 Å². The summed E-state index contributed by atoms with van der Waals surface area (Å²) >= 11 is 1.52. The van der Waals surface area contributed by atoms with E-state index in [0.29, 0.717) is 11.7 Å². The van der Waals surface area contributed by atoms with Gasteiger partial charge in [0, 0.05) is 17.3 Å². The van der Waals surface area contributed by atoms with Crippen LogP contribution in [0.2, 0.25) is 0 Å². The van der Waals surface area contributed by atoms with Gasteiger partial charge >= 0.3 is 0 Å². The Hall–Kier alpha value is -1.62.